The molecule has 2 N–H and O–H groups in total. The minimum Gasteiger partial charge on any atom is -0.327 e. The van der Waals surface area contributed by atoms with Gasteiger partial charge in [-0.15, -0.1) is 0 Å². The van der Waals surface area contributed by atoms with Gasteiger partial charge in [0.25, 0.3) is 0 Å². The van der Waals surface area contributed by atoms with Gasteiger partial charge in [0.2, 0.25) is 0 Å². The molecule has 1 rings (SSSR count). The lowest BCUT2D eigenvalue weighted by molar-refractivity contribution is 0.795. The molecule has 0 spiro atoms. The number of aryl methyl sites for hydroxylation is 1. The van der Waals surface area contributed by atoms with Gasteiger partial charge in [0, 0.05) is 6.54 Å². The monoisotopic (exact) mass is 189 g/mol. The van der Waals surface area contributed by atoms with Gasteiger partial charge in [0.15, 0.2) is 0 Å². The molecular weight excluding hydrogens is 170 g/mol. The number of hydrogen-bond acceptors (Lipinski definition) is 1. The summed E-state index contributed by atoms with van der Waals surface area (Å²) in [5.74, 6) is 0. The Morgan fingerprint density at radius 3 is 2.50 bits per heavy atom. The highest BCUT2D eigenvalue weighted by molar-refractivity contribution is 5.49. The SMILES string of the molecule is CCCCc1ccc(C=CCN)cc1. The predicted molar refractivity (Wildman–Crippen MR) is 63.1 cm³/mol. The van der Waals surface area contributed by atoms with E-state index in [0.717, 1.165) is 0 Å². The quantitative estimate of drug-likeness (QED) is 0.757. The second-order valence-corrected chi connectivity index (χ2v) is 3.48. The fraction of sp³-hybridized carbons (Fsp3) is 0.385. The van der Waals surface area contributed by atoms with E-state index in [1.165, 1.54) is 30.4 Å². The van der Waals surface area contributed by atoms with Crippen LogP contribution in [0.1, 0.15) is 30.9 Å². The van der Waals surface area contributed by atoms with Crippen molar-refractivity contribution >= 4 is 6.08 Å². The van der Waals surface area contributed by atoms with Crippen molar-refractivity contribution in [2.75, 3.05) is 6.54 Å². The summed E-state index contributed by atoms with van der Waals surface area (Å²) in [7, 11) is 0. The molecule has 0 fully saturated rings. The van der Waals surface area contributed by atoms with Crippen LogP contribution in [0.15, 0.2) is 30.3 Å². The van der Waals surface area contributed by atoms with Gasteiger partial charge < -0.3 is 5.73 Å². The first kappa shape index (κ1) is 11.0. The Bertz CT molecular complexity index is 272. The van der Waals surface area contributed by atoms with E-state index >= 15 is 0 Å². The van der Waals surface area contributed by atoms with Crippen LogP contribution in [0.5, 0.6) is 0 Å². The second-order valence-electron chi connectivity index (χ2n) is 3.48. The third-order valence-corrected chi connectivity index (χ3v) is 2.25. The van der Waals surface area contributed by atoms with Gasteiger partial charge in [-0.25, -0.2) is 0 Å². The number of hydrogen-bond donors (Lipinski definition) is 1. The van der Waals surface area contributed by atoms with Crippen LogP contribution >= 0.6 is 0 Å². The fourth-order valence-corrected chi connectivity index (χ4v) is 1.38. The molecule has 0 aliphatic heterocycles. The van der Waals surface area contributed by atoms with E-state index in [-0.39, 0.29) is 0 Å². The lowest BCUT2D eigenvalue weighted by Crippen LogP contribution is -1.92. The molecule has 0 saturated carbocycles. The lowest BCUT2D eigenvalue weighted by atomic mass is 10.1. The summed E-state index contributed by atoms with van der Waals surface area (Å²) < 4.78 is 0. The summed E-state index contributed by atoms with van der Waals surface area (Å²) >= 11 is 0. The molecule has 0 saturated heterocycles. The summed E-state index contributed by atoms with van der Waals surface area (Å²) in [5.41, 5.74) is 8.04. The lowest BCUT2D eigenvalue weighted by Gasteiger charge is -2.00. The molecule has 0 aliphatic rings. The van der Waals surface area contributed by atoms with Crippen LogP contribution in [0.2, 0.25) is 0 Å². The molecule has 76 valence electrons. The molecule has 1 aromatic rings. The average Bonchev–Trinajstić information content (AvgIpc) is 2.25. The molecule has 1 nitrogen and oxygen atoms in total. The molecule has 0 radical (unpaired) electrons. The highest BCUT2D eigenvalue weighted by atomic mass is 14.5. The maximum atomic E-state index is 5.39. The van der Waals surface area contributed by atoms with Crippen molar-refractivity contribution in [2.24, 2.45) is 5.73 Å². The van der Waals surface area contributed by atoms with Gasteiger partial charge in [-0.1, -0.05) is 49.8 Å². The van der Waals surface area contributed by atoms with Crippen LogP contribution in [0.25, 0.3) is 6.08 Å². The van der Waals surface area contributed by atoms with E-state index in [1.807, 2.05) is 6.08 Å². The van der Waals surface area contributed by atoms with Crippen molar-refractivity contribution in [2.45, 2.75) is 26.2 Å². The zero-order valence-corrected chi connectivity index (χ0v) is 8.87. The number of benzene rings is 1. The van der Waals surface area contributed by atoms with Gasteiger partial charge in [-0.3, -0.25) is 0 Å². The van der Waals surface area contributed by atoms with Gasteiger partial charge in [-0.05, 0) is 24.0 Å². The fourth-order valence-electron chi connectivity index (χ4n) is 1.38. The molecule has 1 aromatic carbocycles. The maximum absolute atomic E-state index is 5.39. The van der Waals surface area contributed by atoms with Crippen LogP contribution < -0.4 is 5.73 Å². The van der Waals surface area contributed by atoms with Gasteiger partial charge >= 0.3 is 0 Å². The Kier molecular flexibility index (Phi) is 5.02. The van der Waals surface area contributed by atoms with Crippen molar-refractivity contribution in [3.63, 3.8) is 0 Å². The molecule has 0 atom stereocenters. The van der Waals surface area contributed by atoms with Crippen molar-refractivity contribution in [3.05, 3.63) is 41.5 Å². The number of rotatable bonds is 5. The molecule has 1 heteroatoms. The molecule has 14 heavy (non-hydrogen) atoms. The zero-order chi connectivity index (χ0) is 10.2. The first-order chi connectivity index (χ1) is 6.86. The zero-order valence-electron chi connectivity index (χ0n) is 8.87. The van der Waals surface area contributed by atoms with E-state index in [2.05, 4.69) is 37.3 Å². The summed E-state index contributed by atoms with van der Waals surface area (Å²) in [4.78, 5) is 0. The summed E-state index contributed by atoms with van der Waals surface area (Å²) in [6, 6.07) is 8.70. The van der Waals surface area contributed by atoms with Crippen LogP contribution in [0.3, 0.4) is 0 Å². The van der Waals surface area contributed by atoms with E-state index in [1.54, 1.807) is 0 Å². The Balaban J connectivity index is 2.54. The highest BCUT2D eigenvalue weighted by Crippen LogP contribution is 2.08. The highest BCUT2D eigenvalue weighted by Gasteiger charge is 1.91. The van der Waals surface area contributed by atoms with Gasteiger partial charge in [-0.2, -0.15) is 0 Å². The average molecular weight is 189 g/mol. The molecular formula is C13H19N. The van der Waals surface area contributed by atoms with E-state index in [4.69, 9.17) is 5.73 Å². The Labute approximate surface area is 86.6 Å². The van der Waals surface area contributed by atoms with E-state index in [0.29, 0.717) is 6.54 Å². The minimum absolute atomic E-state index is 0.609. The van der Waals surface area contributed by atoms with Gasteiger partial charge in [0.1, 0.15) is 0 Å². The molecule has 0 amide bonds. The van der Waals surface area contributed by atoms with Crippen LogP contribution in [0.4, 0.5) is 0 Å². The van der Waals surface area contributed by atoms with Crippen LogP contribution in [-0.2, 0) is 6.42 Å². The molecule has 0 bridgehead atoms. The third-order valence-electron chi connectivity index (χ3n) is 2.25. The van der Waals surface area contributed by atoms with Crippen LogP contribution in [0, 0.1) is 0 Å². The van der Waals surface area contributed by atoms with E-state index in [9.17, 15) is 0 Å². The summed E-state index contributed by atoms with van der Waals surface area (Å²) in [6.07, 6.45) is 7.76. The predicted octanol–water partition coefficient (Wildman–Crippen LogP) is 3.00. The number of nitrogens with two attached hydrogens (primary N) is 1. The van der Waals surface area contributed by atoms with Crippen molar-refractivity contribution in [3.8, 4) is 0 Å². The standard InChI is InChI=1S/C13H19N/c1-2-3-5-12-7-9-13(10-8-12)6-4-11-14/h4,6-10H,2-3,5,11,14H2,1H3. The second kappa shape index (κ2) is 6.39. The Hall–Kier alpha value is -1.08. The topological polar surface area (TPSA) is 26.0 Å². The molecule has 0 aromatic heterocycles. The minimum atomic E-state index is 0.609. The third kappa shape index (κ3) is 3.75. The largest absolute Gasteiger partial charge is 0.327 e. The number of unbranched alkanes of at least 4 members (excludes halogenated alkanes) is 1. The molecule has 0 aliphatic carbocycles. The summed E-state index contributed by atoms with van der Waals surface area (Å²) in [6.45, 7) is 2.83. The normalized spacial score (nSPS) is 11.0. The Morgan fingerprint density at radius 1 is 1.21 bits per heavy atom. The molecule has 0 unspecified atom stereocenters. The first-order valence-corrected chi connectivity index (χ1v) is 5.32. The Morgan fingerprint density at radius 2 is 1.93 bits per heavy atom. The van der Waals surface area contributed by atoms with Crippen molar-refractivity contribution in [1.82, 2.24) is 0 Å². The summed E-state index contributed by atoms with van der Waals surface area (Å²) in [5, 5.41) is 0. The van der Waals surface area contributed by atoms with E-state index < -0.39 is 0 Å². The van der Waals surface area contributed by atoms with Crippen molar-refractivity contribution in [1.29, 1.82) is 0 Å². The smallest absolute Gasteiger partial charge is 0.0110 e. The first-order valence-electron chi connectivity index (χ1n) is 5.32. The van der Waals surface area contributed by atoms with Crippen molar-refractivity contribution < 1.29 is 0 Å². The maximum Gasteiger partial charge on any atom is 0.0110 e. The van der Waals surface area contributed by atoms with Gasteiger partial charge in [0.05, 0.1) is 0 Å². The molecule has 0 heterocycles. The van der Waals surface area contributed by atoms with Crippen LogP contribution in [-0.4, -0.2) is 6.54 Å².